The highest BCUT2D eigenvalue weighted by atomic mass is 32.1. The number of fused-ring (bicyclic) bond motifs is 13. The molecule has 9 aromatic rings. The zero-order chi connectivity index (χ0) is 39.4. The maximum Gasteiger partial charge on any atom is 0.216 e. The second-order valence-corrected chi connectivity index (χ2v) is 20.3. The number of hydrogen-bond donors (Lipinski definition) is 0. The quantitative estimate of drug-likeness (QED) is 0.174. The van der Waals surface area contributed by atoms with E-state index in [1.54, 1.807) is 11.3 Å². The average molecular weight is 823 g/mol. The highest BCUT2D eigenvalue weighted by Gasteiger charge is 2.57. The van der Waals surface area contributed by atoms with Crippen LogP contribution in [0.4, 0.5) is 5.00 Å². The molecule has 0 aliphatic heterocycles. The van der Waals surface area contributed by atoms with Gasteiger partial charge in [0.15, 0.2) is 10.7 Å². The predicted molar refractivity (Wildman–Crippen MR) is 244 cm³/mol. The molecule has 0 radical (unpaired) electrons. The number of allylic oxidation sites excluding steroid dienone is 3. The third-order valence-corrected chi connectivity index (χ3v) is 18.0. The number of hydrogen-bond acceptors (Lipinski definition) is 9. The molecule has 2 saturated carbocycles. The van der Waals surface area contributed by atoms with Gasteiger partial charge in [0.25, 0.3) is 0 Å². The normalized spacial score (nSPS) is 18.4. The summed E-state index contributed by atoms with van der Waals surface area (Å²) in [7, 11) is 0. The van der Waals surface area contributed by atoms with Gasteiger partial charge in [-0.15, -0.1) is 34.0 Å². The van der Waals surface area contributed by atoms with Gasteiger partial charge in [0, 0.05) is 42.0 Å². The summed E-state index contributed by atoms with van der Waals surface area (Å²) < 4.78 is 4.91. The summed E-state index contributed by atoms with van der Waals surface area (Å²) in [4.78, 5) is 66.7. The second-order valence-electron chi connectivity index (χ2n) is 17.2. The largest absolute Gasteiger partial charge is 0.287 e. The van der Waals surface area contributed by atoms with Gasteiger partial charge >= 0.3 is 0 Å². The minimum Gasteiger partial charge on any atom is -0.287 e. The molecule has 13 rings (SSSR count). The molecule has 0 bridgehead atoms. The fourth-order valence-corrected chi connectivity index (χ4v) is 16.0. The van der Waals surface area contributed by atoms with Crippen molar-refractivity contribution >= 4 is 106 Å². The second kappa shape index (κ2) is 12.1. The number of thiophene rings is 3. The molecule has 0 N–H and O–H groups in total. The Hall–Kier alpha value is -5.48. The molecule has 59 heavy (non-hydrogen) atoms. The summed E-state index contributed by atoms with van der Waals surface area (Å²) in [6, 6.07) is 25.1. The molecule has 0 atom stereocenters. The van der Waals surface area contributed by atoms with E-state index in [1.165, 1.54) is 37.4 Å². The van der Waals surface area contributed by atoms with Crippen LogP contribution >= 0.6 is 34.0 Å². The van der Waals surface area contributed by atoms with E-state index in [4.69, 9.17) is 9.98 Å². The lowest BCUT2D eigenvalue weighted by Gasteiger charge is -2.37. The van der Waals surface area contributed by atoms with E-state index in [-0.39, 0.29) is 43.3 Å². The van der Waals surface area contributed by atoms with Crippen molar-refractivity contribution in [2.45, 2.75) is 69.6 Å². The van der Waals surface area contributed by atoms with Crippen LogP contribution in [0.1, 0.15) is 74.6 Å². The molecule has 286 valence electrons. The standard InChI is InChI=1S/C50H34N2O4S3/c53-41-29-19-25-11-3-4-12-26(25)20-30(29)42(54)39(41)51-35-23-33-37(50(35)17-9-2-10-18-50)46-38(49(33)15-7-1-8-16-49)47-48(59-46)45-34(57-47)24-36(58-45)52-40-43(55)31-21-27-13-5-6-14-28(27)22-32(31)44(40)56/h3-6,11-14,19-24H,1-2,7-10,15-18H2. The van der Waals surface area contributed by atoms with E-state index in [0.29, 0.717) is 26.5 Å². The smallest absolute Gasteiger partial charge is 0.216 e. The summed E-state index contributed by atoms with van der Waals surface area (Å²) in [6.45, 7) is 0. The van der Waals surface area contributed by atoms with Crippen molar-refractivity contribution in [3.8, 4) is 0 Å². The van der Waals surface area contributed by atoms with Gasteiger partial charge < -0.3 is 0 Å². The van der Waals surface area contributed by atoms with Crippen LogP contribution in [0.15, 0.2) is 125 Å². The molecule has 0 unspecified atom stereocenters. The molecule has 2 fully saturated rings. The fraction of sp³-hybridized carbons (Fsp3) is 0.240. The van der Waals surface area contributed by atoms with E-state index in [9.17, 15) is 19.2 Å². The van der Waals surface area contributed by atoms with E-state index in [1.807, 2.05) is 95.5 Å². The van der Waals surface area contributed by atoms with Crippen LogP contribution in [0.5, 0.6) is 0 Å². The Bertz CT molecular complexity index is 3650. The molecular weight excluding hydrogens is 789 g/mol. The molecule has 0 saturated heterocycles. The highest BCUT2D eigenvalue weighted by molar-refractivity contribution is 7.40. The zero-order valence-electron chi connectivity index (χ0n) is 31.9. The van der Waals surface area contributed by atoms with Crippen molar-refractivity contribution in [1.29, 1.82) is 0 Å². The number of rotatable bonds is 2. The van der Waals surface area contributed by atoms with Gasteiger partial charge in [0.1, 0.15) is 5.00 Å². The van der Waals surface area contributed by atoms with Gasteiger partial charge in [-0.3, -0.25) is 19.2 Å². The summed E-state index contributed by atoms with van der Waals surface area (Å²) in [6.07, 6.45) is 13.2. The Morgan fingerprint density at radius 3 is 1.51 bits per heavy atom. The van der Waals surface area contributed by atoms with Crippen LogP contribution in [-0.4, -0.2) is 0 Å². The van der Waals surface area contributed by atoms with E-state index < -0.39 is 0 Å². The van der Waals surface area contributed by atoms with Crippen molar-refractivity contribution in [2.24, 2.45) is 15.4 Å². The Kier molecular flexibility index (Phi) is 7.03. The minimum absolute atomic E-state index is 0.00824. The molecule has 6 aromatic carbocycles. The molecule has 9 heteroatoms. The Balaban J connectivity index is 0.987. The third-order valence-electron chi connectivity index (χ3n) is 14.2. The van der Waals surface area contributed by atoms with Crippen LogP contribution < -0.4 is 32.4 Å². The SMILES string of the molecule is O=c1c(=NC2=CC3=C(c4sc5c(sc6cc(N=c7c(=O)c8cc9ccccc9cc8c7=O)sc65)c4C34CCCCC4)C23CCCCC3)c(=O)c2cc3ccccc3cc12. The van der Waals surface area contributed by atoms with Crippen LogP contribution in [0, 0.1) is 5.41 Å². The predicted octanol–water partition coefficient (Wildman–Crippen LogP) is 10.6. The maximum atomic E-state index is 14.1. The monoisotopic (exact) mass is 822 g/mol. The first-order chi connectivity index (χ1) is 28.8. The molecule has 6 nitrogen and oxygen atoms in total. The van der Waals surface area contributed by atoms with Crippen molar-refractivity contribution in [2.75, 3.05) is 0 Å². The van der Waals surface area contributed by atoms with Crippen molar-refractivity contribution in [3.63, 3.8) is 0 Å². The van der Waals surface area contributed by atoms with Gasteiger partial charge in [0.05, 0.1) is 19.8 Å². The summed E-state index contributed by atoms with van der Waals surface area (Å²) in [5, 5.41) is 6.24. The van der Waals surface area contributed by atoms with E-state index in [2.05, 4.69) is 12.1 Å². The fourth-order valence-electron chi connectivity index (χ4n) is 11.5. The molecule has 0 amide bonds. The molecule has 3 aromatic heterocycles. The van der Waals surface area contributed by atoms with Gasteiger partial charge in [0.2, 0.25) is 21.7 Å². The zero-order valence-corrected chi connectivity index (χ0v) is 34.4. The Morgan fingerprint density at radius 2 is 0.983 bits per heavy atom. The summed E-state index contributed by atoms with van der Waals surface area (Å²) in [5.74, 6) is 0. The lowest BCUT2D eigenvalue weighted by molar-refractivity contribution is 0.321. The molecule has 2 spiro atoms. The lowest BCUT2D eigenvalue weighted by Crippen LogP contribution is -2.34. The van der Waals surface area contributed by atoms with E-state index >= 15 is 0 Å². The Morgan fingerprint density at radius 1 is 0.492 bits per heavy atom. The minimum atomic E-state index is -0.349. The Labute approximate surface area is 347 Å². The first-order valence-corrected chi connectivity index (χ1v) is 23.2. The third kappa shape index (κ3) is 4.50. The summed E-state index contributed by atoms with van der Waals surface area (Å²) in [5.41, 5.74) is 3.54. The summed E-state index contributed by atoms with van der Waals surface area (Å²) >= 11 is 5.28. The molecule has 3 heterocycles. The van der Waals surface area contributed by atoms with Crippen LogP contribution in [0.3, 0.4) is 0 Å². The van der Waals surface area contributed by atoms with E-state index in [0.717, 1.165) is 94.4 Å². The molecule has 4 aliphatic rings. The lowest BCUT2D eigenvalue weighted by atomic mass is 9.67. The maximum absolute atomic E-state index is 14.1. The van der Waals surface area contributed by atoms with Crippen LogP contribution in [0.2, 0.25) is 0 Å². The first kappa shape index (κ1) is 34.4. The first-order valence-electron chi connectivity index (χ1n) is 20.7. The number of benzene rings is 4. The highest BCUT2D eigenvalue weighted by Crippen LogP contribution is 2.70. The average Bonchev–Trinajstić information content (AvgIpc) is 4.10. The molecule has 4 aliphatic carbocycles. The number of nitrogens with zero attached hydrogens (tertiary/aromatic N) is 2. The molecular formula is C50H34N2O4S3. The topological polar surface area (TPSA) is 93.0 Å². The van der Waals surface area contributed by atoms with Gasteiger partial charge in [-0.05, 0) is 100 Å². The van der Waals surface area contributed by atoms with Crippen molar-refractivity contribution < 1.29 is 0 Å². The van der Waals surface area contributed by atoms with Crippen LogP contribution in [-0.2, 0) is 5.41 Å². The van der Waals surface area contributed by atoms with Gasteiger partial charge in [-0.25, -0.2) is 9.98 Å². The van der Waals surface area contributed by atoms with Crippen LogP contribution in [0.25, 0.3) is 67.5 Å². The van der Waals surface area contributed by atoms with Gasteiger partial charge in [-0.1, -0.05) is 87.1 Å². The van der Waals surface area contributed by atoms with Crippen molar-refractivity contribution in [3.05, 3.63) is 158 Å². The van der Waals surface area contributed by atoms with Gasteiger partial charge in [-0.2, -0.15) is 0 Å². The van der Waals surface area contributed by atoms with Crippen molar-refractivity contribution in [1.82, 2.24) is 0 Å².